The molecule has 2 rings (SSSR count). The van der Waals surface area contributed by atoms with Crippen molar-refractivity contribution in [3.05, 3.63) is 47.2 Å². The summed E-state index contributed by atoms with van der Waals surface area (Å²) in [6, 6.07) is 0.282. The van der Waals surface area contributed by atoms with Crippen LogP contribution in [0.3, 0.4) is 0 Å². The lowest BCUT2D eigenvalue weighted by Crippen LogP contribution is -2.25. The molecule has 2 aliphatic rings. The Morgan fingerprint density at radius 2 is 2.24 bits per heavy atom. The van der Waals surface area contributed by atoms with Crippen molar-refractivity contribution in [2.75, 3.05) is 6.61 Å². The van der Waals surface area contributed by atoms with Crippen LogP contribution in [0.25, 0.3) is 0 Å². The topological polar surface area (TPSA) is 32.3 Å². The molecule has 0 bridgehead atoms. The number of allylic oxidation sites excluding steroid dienone is 4. The summed E-state index contributed by atoms with van der Waals surface area (Å²) in [6.45, 7) is 4.44. The number of aliphatic hydroxyl groups excluding tert-OH is 1. The molecule has 17 heavy (non-hydrogen) atoms. The molecule has 1 aliphatic carbocycles. The smallest absolute Gasteiger partial charge is 0.0698 e. The first-order valence-corrected chi connectivity index (χ1v) is 6.42. The van der Waals surface area contributed by atoms with Crippen molar-refractivity contribution >= 4 is 0 Å². The van der Waals surface area contributed by atoms with Gasteiger partial charge in [-0.25, -0.2) is 0 Å². The zero-order chi connectivity index (χ0) is 12.3. The molecule has 0 aromatic rings. The average Bonchev–Trinajstić information content (AvgIpc) is 2.63. The quantitative estimate of drug-likeness (QED) is 0.779. The van der Waals surface area contributed by atoms with Crippen molar-refractivity contribution in [1.82, 2.24) is 5.32 Å². The van der Waals surface area contributed by atoms with Crippen LogP contribution in [0.4, 0.5) is 0 Å². The fourth-order valence-electron chi connectivity index (χ4n) is 2.24. The Kier molecular flexibility index (Phi) is 3.85. The van der Waals surface area contributed by atoms with Gasteiger partial charge in [-0.2, -0.15) is 0 Å². The van der Waals surface area contributed by atoms with Gasteiger partial charge in [-0.05, 0) is 23.6 Å². The number of fused-ring (bicyclic) bond motifs is 1. The molecule has 0 aromatic heterocycles. The predicted octanol–water partition coefficient (Wildman–Crippen LogP) is 2.69. The van der Waals surface area contributed by atoms with Crippen molar-refractivity contribution < 1.29 is 5.11 Å². The molecule has 2 heteroatoms. The van der Waals surface area contributed by atoms with Gasteiger partial charge in [0.25, 0.3) is 0 Å². The van der Waals surface area contributed by atoms with Crippen LogP contribution >= 0.6 is 0 Å². The summed E-state index contributed by atoms with van der Waals surface area (Å²) in [5.41, 5.74) is 3.84. The molecule has 0 saturated heterocycles. The normalized spacial score (nSPS) is 24.2. The van der Waals surface area contributed by atoms with Gasteiger partial charge in [-0.15, -0.1) is 0 Å². The maximum Gasteiger partial charge on any atom is 0.0698 e. The first kappa shape index (κ1) is 12.2. The van der Waals surface area contributed by atoms with Crippen LogP contribution < -0.4 is 5.32 Å². The van der Waals surface area contributed by atoms with E-state index in [1.807, 2.05) is 6.92 Å². The van der Waals surface area contributed by atoms with E-state index in [0.29, 0.717) is 0 Å². The Morgan fingerprint density at radius 3 is 2.94 bits per heavy atom. The highest BCUT2D eigenvalue weighted by atomic mass is 16.3. The highest BCUT2D eigenvalue weighted by molar-refractivity contribution is 5.46. The third kappa shape index (κ3) is 2.70. The lowest BCUT2D eigenvalue weighted by atomic mass is 10.0. The Hall–Kier alpha value is -1.28. The Labute approximate surface area is 103 Å². The van der Waals surface area contributed by atoms with Crippen LogP contribution in [0.1, 0.15) is 26.7 Å². The second-order valence-electron chi connectivity index (χ2n) is 4.83. The number of aliphatic hydroxyl groups is 1. The summed E-state index contributed by atoms with van der Waals surface area (Å²) >= 11 is 0. The maximum atomic E-state index is 9.19. The number of nitrogens with one attached hydrogen (secondary N) is 1. The van der Waals surface area contributed by atoms with Crippen LogP contribution in [0, 0.1) is 5.92 Å². The largest absolute Gasteiger partial charge is 0.396 e. The van der Waals surface area contributed by atoms with Crippen LogP contribution in [-0.4, -0.2) is 17.8 Å². The third-order valence-electron chi connectivity index (χ3n) is 3.31. The molecule has 0 amide bonds. The molecule has 2 nitrogen and oxygen atoms in total. The van der Waals surface area contributed by atoms with Gasteiger partial charge in [0.1, 0.15) is 0 Å². The minimum absolute atomic E-state index is 0.190. The van der Waals surface area contributed by atoms with Gasteiger partial charge in [0, 0.05) is 11.6 Å². The van der Waals surface area contributed by atoms with Crippen molar-refractivity contribution in [1.29, 1.82) is 0 Å². The summed E-state index contributed by atoms with van der Waals surface area (Å²) in [4.78, 5) is 0. The van der Waals surface area contributed by atoms with Crippen LogP contribution in [0.2, 0.25) is 0 Å². The van der Waals surface area contributed by atoms with E-state index < -0.39 is 0 Å². The molecule has 0 fully saturated rings. The molecule has 2 unspecified atom stereocenters. The van der Waals surface area contributed by atoms with E-state index in [9.17, 15) is 5.11 Å². The van der Waals surface area contributed by atoms with Crippen molar-refractivity contribution in [2.24, 2.45) is 5.92 Å². The van der Waals surface area contributed by atoms with E-state index in [4.69, 9.17) is 0 Å². The molecule has 0 radical (unpaired) electrons. The van der Waals surface area contributed by atoms with Gasteiger partial charge in [0.15, 0.2) is 0 Å². The first-order valence-electron chi connectivity index (χ1n) is 6.42. The summed E-state index contributed by atoms with van der Waals surface area (Å²) in [5, 5.41) is 12.6. The zero-order valence-electron chi connectivity index (χ0n) is 10.6. The van der Waals surface area contributed by atoms with Crippen LogP contribution in [0.15, 0.2) is 47.2 Å². The van der Waals surface area contributed by atoms with E-state index in [-0.39, 0.29) is 18.6 Å². The number of hydrogen-bond donors (Lipinski definition) is 2. The maximum absolute atomic E-state index is 9.19. The van der Waals surface area contributed by atoms with Gasteiger partial charge in [-0.3, -0.25) is 0 Å². The predicted molar refractivity (Wildman–Crippen MR) is 71.5 cm³/mol. The fourth-order valence-corrected chi connectivity index (χ4v) is 2.24. The van der Waals surface area contributed by atoms with Crippen molar-refractivity contribution in [2.45, 2.75) is 32.7 Å². The summed E-state index contributed by atoms with van der Waals surface area (Å²) < 4.78 is 0. The molecule has 2 N–H and O–H groups in total. The van der Waals surface area contributed by atoms with Gasteiger partial charge in [0.05, 0.1) is 12.6 Å². The van der Waals surface area contributed by atoms with Crippen LogP contribution in [-0.2, 0) is 0 Å². The zero-order valence-corrected chi connectivity index (χ0v) is 10.6. The SMILES string of the molecule is CCCC1=CC=CC2NC(C(C)CO)=CC2=C1. The van der Waals surface area contributed by atoms with E-state index in [0.717, 1.165) is 12.1 Å². The molecule has 1 aliphatic heterocycles. The van der Waals surface area contributed by atoms with Gasteiger partial charge in [-0.1, -0.05) is 44.6 Å². The first-order chi connectivity index (χ1) is 8.24. The molecule has 0 saturated carbocycles. The lowest BCUT2D eigenvalue weighted by Gasteiger charge is -2.13. The van der Waals surface area contributed by atoms with Gasteiger partial charge < -0.3 is 10.4 Å². The molecule has 1 heterocycles. The minimum atomic E-state index is 0.190. The van der Waals surface area contributed by atoms with Crippen molar-refractivity contribution in [3.63, 3.8) is 0 Å². The summed E-state index contributed by atoms with van der Waals surface area (Å²) in [5.74, 6) is 0.190. The second-order valence-corrected chi connectivity index (χ2v) is 4.83. The summed E-state index contributed by atoms with van der Waals surface area (Å²) in [7, 11) is 0. The second kappa shape index (κ2) is 5.37. The Bertz CT molecular complexity index is 401. The molecule has 2 atom stereocenters. The Morgan fingerprint density at radius 1 is 1.41 bits per heavy atom. The van der Waals surface area contributed by atoms with E-state index in [2.05, 4.69) is 42.6 Å². The molecular formula is C15H21NO. The molecular weight excluding hydrogens is 210 g/mol. The van der Waals surface area contributed by atoms with Crippen molar-refractivity contribution in [3.8, 4) is 0 Å². The minimum Gasteiger partial charge on any atom is -0.396 e. The highest BCUT2D eigenvalue weighted by Crippen LogP contribution is 2.26. The molecule has 0 spiro atoms. The molecule has 92 valence electrons. The number of rotatable bonds is 4. The van der Waals surface area contributed by atoms with Gasteiger partial charge >= 0.3 is 0 Å². The number of hydrogen-bond acceptors (Lipinski definition) is 2. The van der Waals surface area contributed by atoms with E-state index >= 15 is 0 Å². The summed E-state index contributed by atoms with van der Waals surface area (Å²) in [6.07, 6.45) is 13.3. The van der Waals surface area contributed by atoms with E-state index in [1.165, 1.54) is 17.6 Å². The average molecular weight is 231 g/mol. The van der Waals surface area contributed by atoms with E-state index in [1.54, 1.807) is 0 Å². The lowest BCUT2D eigenvalue weighted by molar-refractivity contribution is 0.252. The standard InChI is InChI=1S/C15H21NO/c1-3-5-12-6-4-7-14-13(8-12)9-15(16-14)11(2)10-17/h4,6-9,11,14,16-17H,3,5,10H2,1-2H3. The Balaban J connectivity index is 2.20. The fraction of sp³-hybridized carbons (Fsp3) is 0.467. The molecule has 0 aromatic carbocycles. The third-order valence-corrected chi connectivity index (χ3v) is 3.31. The highest BCUT2D eigenvalue weighted by Gasteiger charge is 2.22. The monoisotopic (exact) mass is 231 g/mol. The van der Waals surface area contributed by atoms with Gasteiger partial charge in [0.2, 0.25) is 0 Å². The van der Waals surface area contributed by atoms with Crippen LogP contribution in [0.5, 0.6) is 0 Å².